The number of hydrogen-bond donors (Lipinski definition) is 1. The van der Waals surface area contributed by atoms with E-state index in [1.165, 1.54) is 30.6 Å². The molecule has 0 radical (unpaired) electrons. The second kappa shape index (κ2) is 7.48. The van der Waals surface area contributed by atoms with Crippen LogP contribution in [-0.4, -0.2) is 16.8 Å². The minimum atomic E-state index is -2.51. The van der Waals surface area contributed by atoms with Gasteiger partial charge in [-0.2, -0.15) is 0 Å². The number of halogens is 1. The Morgan fingerprint density at radius 3 is 2.50 bits per heavy atom. The van der Waals surface area contributed by atoms with E-state index >= 15 is 0 Å². The fourth-order valence-electron chi connectivity index (χ4n) is 1.55. The SMILES string of the molecule is CCSP(O)(=S)OC1CCCCC1.Cl. The third-order valence-corrected chi connectivity index (χ3v) is 6.49. The first-order valence-corrected chi connectivity index (χ1v) is 9.06. The predicted molar refractivity (Wildman–Crippen MR) is 69.8 cm³/mol. The van der Waals surface area contributed by atoms with Gasteiger partial charge in [-0.15, -0.1) is 12.4 Å². The smallest absolute Gasteiger partial charge is 0.244 e. The average molecular weight is 277 g/mol. The van der Waals surface area contributed by atoms with Crippen LogP contribution in [0.3, 0.4) is 0 Å². The van der Waals surface area contributed by atoms with Gasteiger partial charge in [0.15, 0.2) is 0 Å². The lowest BCUT2D eigenvalue weighted by atomic mass is 9.98. The van der Waals surface area contributed by atoms with Crippen LogP contribution >= 0.6 is 29.5 Å². The van der Waals surface area contributed by atoms with Crippen molar-refractivity contribution in [3.63, 3.8) is 0 Å². The van der Waals surface area contributed by atoms with Crippen LogP contribution in [0.4, 0.5) is 0 Å². The van der Waals surface area contributed by atoms with E-state index in [1.807, 2.05) is 6.92 Å². The van der Waals surface area contributed by atoms with Crippen LogP contribution in [0.1, 0.15) is 39.0 Å². The topological polar surface area (TPSA) is 29.5 Å². The molecule has 0 aliphatic heterocycles. The Balaban J connectivity index is 0.00000169. The minimum absolute atomic E-state index is 0. The summed E-state index contributed by atoms with van der Waals surface area (Å²) in [5.74, 6) is 0.834. The van der Waals surface area contributed by atoms with Crippen molar-refractivity contribution in [3.05, 3.63) is 0 Å². The summed E-state index contributed by atoms with van der Waals surface area (Å²) >= 11 is 6.42. The molecule has 1 N–H and O–H groups in total. The summed E-state index contributed by atoms with van der Waals surface area (Å²) in [6.45, 7) is 1.99. The van der Waals surface area contributed by atoms with Gasteiger partial charge in [0, 0.05) is 0 Å². The van der Waals surface area contributed by atoms with Crippen LogP contribution in [0.2, 0.25) is 0 Å². The lowest BCUT2D eigenvalue weighted by Crippen LogP contribution is -2.14. The van der Waals surface area contributed by atoms with E-state index in [0.29, 0.717) is 0 Å². The van der Waals surface area contributed by atoms with Gasteiger partial charge in [-0.1, -0.05) is 37.6 Å². The quantitative estimate of drug-likeness (QED) is 0.793. The molecule has 86 valence electrons. The Kier molecular flexibility index (Phi) is 8.12. The maximum atomic E-state index is 9.73. The fourth-order valence-corrected chi connectivity index (χ4v) is 5.37. The molecule has 0 aromatic rings. The monoisotopic (exact) mass is 276 g/mol. The molecular weight excluding hydrogens is 259 g/mol. The van der Waals surface area contributed by atoms with Crippen LogP contribution in [-0.2, 0) is 16.3 Å². The van der Waals surface area contributed by atoms with E-state index in [4.69, 9.17) is 16.3 Å². The summed E-state index contributed by atoms with van der Waals surface area (Å²) in [5, 5.41) is 0. The van der Waals surface area contributed by atoms with Crippen molar-refractivity contribution < 1.29 is 9.42 Å². The highest BCUT2D eigenvalue weighted by Gasteiger charge is 2.22. The first-order chi connectivity index (χ1) is 6.14. The summed E-state index contributed by atoms with van der Waals surface area (Å²) in [6, 6.07) is 0. The second-order valence-corrected chi connectivity index (χ2v) is 9.67. The lowest BCUT2D eigenvalue weighted by Gasteiger charge is -2.25. The molecule has 1 unspecified atom stereocenters. The molecule has 1 aliphatic carbocycles. The largest absolute Gasteiger partial charge is 0.337 e. The van der Waals surface area contributed by atoms with Crippen molar-refractivity contribution in [1.29, 1.82) is 0 Å². The van der Waals surface area contributed by atoms with Crippen LogP contribution in [0.25, 0.3) is 0 Å². The van der Waals surface area contributed by atoms with Crippen molar-refractivity contribution >= 4 is 41.3 Å². The van der Waals surface area contributed by atoms with E-state index in [1.54, 1.807) is 0 Å². The Hall–Kier alpha value is 1.21. The van der Waals surface area contributed by atoms with E-state index in [-0.39, 0.29) is 18.5 Å². The first-order valence-electron chi connectivity index (χ1n) is 4.80. The Bertz CT molecular complexity index is 198. The lowest BCUT2D eigenvalue weighted by molar-refractivity contribution is 0.161. The molecule has 1 atom stereocenters. The highest BCUT2D eigenvalue weighted by atomic mass is 35.5. The van der Waals surface area contributed by atoms with E-state index < -0.39 is 5.69 Å². The summed E-state index contributed by atoms with van der Waals surface area (Å²) < 4.78 is 5.56. The van der Waals surface area contributed by atoms with Crippen molar-refractivity contribution in [2.75, 3.05) is 5.75 Å². The summed E-state index contributed by atoms with van der Waals surface area (Å²) in [5.41, 5.74) is -2.51. The van der Waals surface area contributed by atoms with Gasteiger partial charge in [-0.3, -0.25) is 0 Å². The fraction of sp³-hybridized carbons (Fsp3) is 1.00. The highest BCUT2D eigenvalue weighted by Crippen LogP contribution is 2.57. The van der Waals surface area contributed by atoms with E-state index in [2.05, 4.69) is 0 Å². The average Bonchev–Trinajstić information content (AvgIpc) is 2.04. The molecule has 0 aromatic heterocycles. The van der Waals surface area contributed by atoms with Crippen LogP contribution in [0, 0.1) is 0 Å². The number of rotatable bonds is 4. The molecule has 1 rings (SSSR count). The molecule has 6 heteroatoms. The van der Waals surface area contributed by atoms with Gasteiger partial charge in [-0.05, 0) is 30.4 Å². The third-order valence-electron chi connectivity index (χ3n) is 2.13. The Morgan fingerprint density at radius 2 is 2.00 bits per heavy atom. The molecule has 0 spiro atoms. The van der Waals surface area contributed by atoms with Crippen molar-refractivity contribution in [1.82, 2.24) is 0 Å². The molecule has 2 nitrogen and oxygen atoms in total. The van der Waals surface area contributed by atoms with Crippen molar-refractivity contribution in [2.45, 2.75) is 45.1 Å². The Labute approximate surface area is 102 Å². The molecule has 0 amide bonds. The van der Waals surface area contributed by atoms with E-state index in [0.717, 1.165) is 18.6 Å². The van der Waals surface area contributed by atoms with Gasteiger partial charge in [0.05, 0.1) is 6.10 Å². The summed E-state index contributed by atoms with van der Waals surface area (Å²) in [7, 11) is 0. The van der Waals surface area contributed by atoms with Gasteiger partial charge in [0.2, 0.25) is 5.69 Å². The molecular formula is C8H18ClO2PS2. The highest BCUT2D eigenvalue weighted by molar-refractivity contribution is 8.67. The second-order valence-electron chi connectivity index (χ2n) is 3.25. The zero-order valence-electron chi connectivity index (χ0n) is 8.35. The van der Waals surface area contributed by atoms with Crippen LogP contribution in [0.15, 0.2) is 0 Å². The standard InChI is InChI=1S/C8H17O2PS2.ClH/c1-2-13-11(9,12)10-8-6-4-3-5-7-8;/h8H,2-7H2,1H3,(H,9,12);1H. The molecule has 1 saturated carbocycles. The minimum Gasteiger partial charge on any atom is -0.337 e. The van der Waals surface area contributed by atoms with Gasteiger partial charge < -0.3 is 9.42 Å². The summed E-state index contributed by atoms with van der Waals surface area (Å²) in [4.78, 5) is 9.73. The van der Waals surface area contributed by atoms with Crippen LogP contribution in [0.5, 0.6) is 0 Å². The Morgan fingerprint density at radius 1 is 1.43 bits per heavy atom. The normalized spacial score (nSPS) is 22.4. The van der Waals surface area contributed by atoms with Gasteiger partial charge in [0.1, 0.15) is 0 Å². The molecule has 0 aromatic carbocycles. The van der Waals surface area contributed by atoms with Gasteiger partial charge >= 0.3 is 0 Å². The molecule has 0 saturated heterocycles. The van der Waals surface area contributed by atoms with Crippen LogP contribution < -0.4 is 0 Å². The van der Waals surface area contributed by atoms with Crippen molar-refractivity contribution in [2.24, 2.45) is 0 Å². The molecule has 0 bridgehead atoms. The van der Waals surface area contributed by atoms with Gasteiger partial charge in [-0.25, -0.2) is 0 Å². The molecule has 14 heavy (non-hydrogen) atoms. The van der Waals surface area contributed by atoms with Crippen molar-refractivity contribution in [3.8, 4) is 0 Å². The molecule has 1 fully saturated rings. The number of hydrogen-bond acceptors (Lipinski definition) is 3. The zero-order valence-corrected chi connectivity index (χ0v) is 11.7. The molecule has 0 heterocycles. The van der Waals surface area contributed by atoms with E-state index in [9.17, 15) is 4.89 Å². The zero-order chi connectivity index (χ0) is 9.73. The first kappa shape index (κ1) is 15.2. The maximum absolute atomic E-state index is 9.73. The predicted octanol–water partition coefficient (Wildman–Crippen LogP) is 3.73. The molecule has 1 aliphatic rings. The third kappa shape index (κ3) is 5.94. The summed E-state index contributed by atoms with van der Waals surface area (Å²) in [6.07, 6.45) is 6.11. The maximum Gasteiger partial charge on any atom is 0.244 e. The van der Waals surface area contributed by atoms with Gasteiger partial charge in [0.25, 0.3) is 0 Å².